The number of nitrogens with zero attached hydrogens (tertiary/aromatic N) is 1. The minimum Gasteiger partial charge on any atom is -0.493 e. The maximum Gasteiger partial charge on any atom is 0.270 e. The molecule has 1 amide bonds. The molecule has 7 heteroatoms. The number of nitrogens with one attached hydrogen (secondary N) is 1. The molecule has 0 bridgehead atoms. The van der Waals surface area contributed by atoms with Crippen molar-refractivity contribution in [3.8, 4) is 11.5 Å². The summed E-state index contributed by atoms with van der Waals surface area (Å²) in [5.74, 6) is 1.10. The number of carbonyl (C=O) groups is 1. The number of para-hydroxylation sites is 2. The molecular formula is C15H18N2O4S. The molecule has 0 aliphatic rings. The van der Waals surface area contributed by atoms with Crippen LogP contribution in [0.3, 0.4) is 0 Å². The minimum atomic E-state index is -0.211. The van der Waals surface area contributed by atoms with Crippen LogP contribution in [0.4, 0.5) is 0 Å². The quantitative estimate of drug-likeness (QED) is 0.754. The van der Waals surface area contributed by atoms with Gasteiger partial charge >= 0.3 is 0 Å². The summed E-state index contributed by atoms with van der Waals surface area (Å²) >= 11 is 1.38. The standard InChI is InChI=1S/C15H18N2O4S/c1-19-8-7-16-15(18)11-10-22-14(17-11)9-21-13-6-4-3-5-12(13)20-2/h3-6,10H,7-9H2,1-2H3,(H,16,18). The Bertz CT molecular complexity index is 615. The second-order valence-electron chi connectivity index (χ2n) is 4.31. The van der Waals surface area contributed by atoms with Gasteiger partial charge in [-0.1, -0.05) is 12.1 Å². The van der Waals surface area contributed by atoms with Crippen molar-refractivity contribution in [3.63, 3.8) is 0 Å². The van der Waals surface area contributed by atoms with Gasteiger partial charge in [0.15, 0.2) is 11.5 Å². The van der Waals surface area contributed by atoms with E-state index in [4.69, 9.17) is 14.2 Å². The Morgan fingerprint density at radius 1 is 1.27 bits per heavy atom. The summed E-state index contributed by atoms with van der Waals surface area (Å²) in [7, 11) is 3.18. The summed E-state index contributed by atoms with van der Waals surface area (Å²) in [5.41, 5.74) is 0.389. The Morgan fingerprint density at radius 3 is 2.77 bits per heavy atom. The Morgan fingerprint density at radius 2 is 2.05 bits per heavy atom. The lowest BCUT2D eigenvalue weighted by Gasteiger charge is -2.08. The zero-order valence-corrected chi connectivity index (χ0v) is 13.3. The highest BCUT2D eigenvalue weighted by molar-refractivity contribution is 7.09. The van der Waals surface area contributed by atoms with Crippen molar-refractivity contribution in [1.29, 1.82) is 0 Å². The summed E-state index contributed by atoms with van der Waals surface area (Å²) in [4.78, 5) is 16.1. The topological polar surface area (TPSA) is 69.7 Å². The van der Waals surface area contributed by atoms with Crippen LogP contribution in [0.1, 0.15) is 15.5 Å². The number of amides is 1. The second-order valence-corrected chi connectivity index (χ2v) is 5.26. The molecule has 2 aromatic rings. The number of rotatable bonds is 8. The summed E-state index contributed by atoms with van der Waals surface area (Å²) < 4.78 is 15.8. The van der Waals surface area contributed by atoms with E-state index in [1.54, 1.807) is 19.6 Å². The lowest BCUT2D eigenvalue weighted by Crippen LogP contribution is -2.27. The average molecular weight is 322 g/mol. The van der Waals surface area contributed by atoms with E-state index < -0.39 is 0 Å². The second kappa shape index (κ2) is 8.35. The van der Waals surface area contributed by atoms with Crippen LogP contribution >= 0.6 is 11.3 Å². The molecule has 0 aliphatic carbocycles. The van der Waals surface area contributed by atoms with Crippen molar-refractivity contribution in [2.24, 2.45) is 0 Å². The van der Waals surface area contributed by atoms with Crippen LogP contribution in [0, 0.1) is 0 Å². The third kappa shape index (κ3) is 4.44. The van der Waals surface area contributed by atoms with Crippen LogP contribution in [0.2, 0.25) is 0 Å². The van der Waals surface area contributed by atoms with Gasteiger partial charge in [-0.25, -0.2) is 4.98 Å². The third-order valence-electron chi connectivity index (χ3n) is 2.80. The van der Waals surface area contributed by atoms with E-state index in [9.17, 15) is 4.79 Å². The van der Waals surface area contributed by atoms with Crippen molar-refractivity contribution >= 4 is 17.2 Å². The van der Waals surface area contributed by atoms with Crippen molar-refractivity contribution in [2.45, 2.75) is 6.61 Å². The molecule has 0 radical (unpaired) electrons. The Balaban J connectivity index is 1.90. The van der Waals surface area contributed by atoms with Crippen LogP contribution in [0.15, 0.2) is 29.6 Å². The number of aromatic nitrogens is 1. The Labute approximate surface area is 133 Å². The molecule has 118 valence electrons. The van der Waals surface area contributed by atoms with Gasteiger partial charge in [0.05, 0.1) is 13.7 Å². The smallest absolute Gasteiger partial charge is 0.270 e. The fraction of sp³-hybridized carbons (Fsp3) is 0.333. The predicted molar refractivity (Wildman–Crippen MR) is 83.6 cm³/mol. The van der Waals surface area contributed by atoms with E-state index in [-0.39, 0.29) is 12.5 Å². The van der Waals surface area contributed by atoms with E-state index in [1.807, 2.05) is 24.3 Å². The summed E-state index contributed by atoms with van der Waals surface area (Å²) in [6.07, 6.45) is 0. The lowest BCUT2D eigenvalue weighted by atomic mass is 10.3. The van der Waals surface area contributed by atoms with Crippen molar-refractivity contribution in [2.75, 3.05) is 27.4 Å². The minimum absolute atomic E-state index is 0.211. The van der Waals surface area contributed by atoms with E-state index in [1.165, 1.54) is 11.3 Å². The number of hydrogen-bond acceptors (Lipinski definition) is 6. The van der Waals surface area contributed by atoms with Gasteiger partial charge in [0.2, 0.25) is 0 Å². The molecule has 1 N–H and O–H groups in total. The van der Waals surface area contributed by atoms with E-state index in [2.05, 4.69) is 10.3 Å². The van der Waals surface area contributed by atoms with Crippen molar-refractivity contribution < 1.29 is 19.0 Å². The van der Waals surface area contributed by atoms with Crippen LogP contribution in [0.25, 0.3) is 0 Å². The van der Waals surface area contributed by atoms with Gasteiger partial charge in [-0.05, 0) is 12.1 Å². The van der Waals surface area contributed by atoms with Gasteiger partial charge in [-0.3, -0.25) is 4.79 Å². The molecule has 0 atom stereocenters. The molecule has 1 aromatic heterocycles. The maximum absolute atomic E-state index is 11.8. The number of methoxy groups -OCH3 is 2. The molecule has 0 fully saturated rings. The van der Waals surface area contributed by atoms with Gasteiger partial charge in [-0.15, -0.1) is 11.3 Å². The van der Waals surface area contributed by atoms with Gasteiger partial charge in [0, 0.05) is 19.0 Å². The van der Waals surface area contributed by atoms with Crippen LogP contribution in [-0.2, 0) is 11.3 Å². The monoisotopic (exact) mass is 322 g/mol. The fourth-order valence-corrected chi connectivity index (χ4v) is 2.40. The van der Waals surface area contributed by atoms with E-state index >= 15 is 0 Å². The van der Waals surface area contributed by atoms with Crippen LogP contribution in [0.5, 0.6) is 11.5 Å². The first-order chi connectivity index (χ1) is 10.7. The van der Waals surface area contributed by atoms with Gasteiger partial charge < -0.3 is 19.5 Å². The average Bonchev–Trinajstić information content (AvgIpc) is 3.02. The molecule has 0 aliphatic heterocycles. The highest BCUT2D eigenvalue weighted by Gasteiger charge is 2.11. The SMILES string of the molecule is COCCNC(=O)c1csc(COc2ccccc2OC)n1. The van der Waals surface area contributed by atoms with Crippen LogP contribution in [-0.4, -0.2) is 38.3 Å². The van der Waals surface area contributed by atoms with Gasteiger partial charge in [-0.2, -0.15) is 0 Å². The van der Waals surface area contributed by atoms with Gasteiger partial charge in [0.1, 0.15) is 17.3 Å². The highest BCUT2D eigenvalue weighted by atomic mass is 32.1. The number of benzene rings is 1. The lowest BCUT2D eigenvalue weighted by molar-refractivity contribution is 0.0932. The van der Waals surface area contributed by atoms with Gasteiger partial charge in [0.25, 0.3) is 5.91 Å². The van der Waals surface area contributed by atoms with E-state index in [0.29, 0.717) is 30.3 Å². The normalized spacial score (nSPS) is 10.3. The molecular weight excluding hydrogens is 304 g/mol. The molecule has 0 unspecified atom stereocenters. The van der Waals surface area contributed by atoms with Crippen LogP contribution < -0.4 is 14.8 Å². The Kier molecular flexibility index (Phi) is 6.17. The molecule has 0 saturated heterocycles. The number of hydrogen-bond donors (Lipinski definition) is 1. The largest absolute Gasteiger partial charge is 0.493 e. The summed E-state index contributed by atoms with van der Waals surface area (Å²) in [5, 5.41) is 5.16. The maximum atomic E-state index is 11.8. The number of ether oxygens (including phenoxy) is 3. The Hall–Kier alpha value is -2.12. The van der Waals surface area contributed by atoms with E-state index in [0.717, 1.165) is 5.01 Å². The molecule has 0 saturated carbocycles. The molecule has 6 nitrogen and oxygen atoms in total. The molecule has 0 spiro atoms. The fourth-order valence-electron chi connectivity index (χ4n) is 1.72. The van der Waals surface area contributed by atoms with Crippen molar-refractivity contribution in [3.05, 3.63) is 40.3 Å². The summed E-state index contributed by atoms with van der Waals surface area (Å²) in [6.45, 7) is 1.22. The molecule has 2 rings (SSSR count). The third-order valence-corrected chi connectivity index (χ3v) is 3.62. The first-order valence-corrected chi connectivity index (χ1v) is 7.60. The summed E-state index contributed by atoms with van der Waals surface area (Å²) in [6, 6.07) is 7.39. The predicted octanol–water partition coefficient (Wildman–Crippen LogP) is 2.11. The number of carbonyl (C=O) groups excluding carboxylic acids is 1. The molecule has 22 heavy (non-hydrogen) atoms. The zero-order valence-electron chi connectivity index (χ0n) is 12.5. The highest BCUT2D eigenvalue weighted by Crippen LogP contribution is 2.26. The number of thiazole rings is 1. The zero-order chi connectivity index (χ0) is 15.8. The molecule has 1 heterocycles. The molecule has 1 aromatic carbocycles. The first kappa shape index (κ1) is 16.3. The van der Waals surface area contributed by atoms with Crippen molar-refractivity contribution in [1.82, 2.24) is 10.3 Å². The first-order valence-electron chi connectivity index (χ1n) is 6.72.